The van der Waals surface area contributed by atoms with Gasteiger partial charge in [0.1, 0.15) is 0 Å². The number of nitrogens with zero attached hydrogens (tertiary/aromatic N) is 2. The van der Waals surface area contributed by atoms with Crippen LogP contribution in [0.3, 0.4) is 0 Å². The van der Waals surface area contributed by atoms with E-state index in [-0.39, 0.29) is 0 Å². The summed E-state index contributed by atoms with van der Waals surface area (Å²) in [5.41, 5.74) is 6.86. The van der Waals surface area contributed by atoms with Crippen LogP contribution in [0.2, 0.25) is 0 Å². The second kappa shape index (κ2) is 4.28. The van der Waals surface area contributed by atoms with Gasteiger partial charge >= 0.3 is 0 Å². The molecule has 0 aliphatic heterocycles. The molecule has 0 spiro atoms. The van der Waals surface area contributed by atoms with E-state index >= 15 is 0 Å². The molecule has 14 heavy (non-hydrogen) atoms. The van der Waals surface area contributed by atoms with E-state index in [0.717, 1.165) is 11.7 Å². The van der Waals surface area contributed by atoms with Crippen molar-refractivity contribution in [3.8, 4) is 0 Å². The molecular formula is C10H17N3S. The highest BCUT2D eigenvalue weighted by atomic mass is 32.1. The summed E-state index contributed by atoms with van der Waals surface area (Å²) in [5, 5.41) is 1.14. The predicted octanol–water partition coefficient (Wildman–Crippen LogP) is 1.42. The summed E-state index contributed by atoms with van der Waals surface area (Å²) in [4.78, 5) is 8.31. The quantitative estimate of drug-likeness (QED) is 0.822. The van der Waals surface area contributed by atoms with Gasteiger partial charge in [0.25, 0.3) is 0 Å². The average Bonchev–Trinajstić information content (AvgIpc) is 2.61. The van der Waals surface area contributed by atoms with Crippen LogP contribution in [0.4, 0.5) is 5.13 Å². The van der Waals surface area contributed by atoms with E-state index in [1.807, 2.05) is 11.3 Å². The lowest BCUT2D eigenvalue weighted by atomic mass is 10.0. The van der Waals surface area contributed by atoms with Gasteiger partial charge in [0.2, 0.25) is 0 Å². The van der Waals surface area contributed by atoms with Gasteiger partial charge in [-0.1, -0.05) is 0 Å². The molecular weight excluding hydrogens is 194 g/mol. The Morgan fingerprint density at radius 1 is 1.43 bits per heavy atom. The standard InChI is InChI=1S/C10H17N3S/c1-13(7-6-11)10-12-8-4-2-3-5-9(8)14-10/h2-7,11H2,1H3. The van der Waals surface area contributed by atoms with E-state index in [2.05, 4.69) is 16.9 Å². The first-order valence-electron chi connectivity index (χ1n) is 5.21. The molecule has 0 fully saturated rings. The maximum atomic E-state index is 5.52. The summed E-state index contributed by atoms with van der Waals surface area (Å²) in [5.74, 6) is 0. The minimum atomic E-state index is 0.695. The van der Waals surface area contributed by atoms with Gasteiger partial charge in [-0.25, -0.2) is 4.98 Å². The molecule has 2 N–H and O–H groups in total. The number of fused-ring (bicyclic) bond motifs is 1. The van der Waals surface area contributed by atoms with Crippen LogP contribution in [-0.4, -0.2) is 25.1 Å². The van der Waals surface area contributed by atoms with Crippen molar-refractivity contribution in [2.45, 2.75) is 25.7 Å². The Balaban J connectivity index is 2.15. The van der Waals surface area contributed by atoms with Gasteiger partial charge in [-0.05, 0) is 25.7 Å². The first-order chi connectivity index (χ1) is 6.81. The molecule has 1 heterocycles. The second-order valence-corrected chi connectivity index (χ2v) is 4.85. The fourth-order valence-corrected chi connectivity index (χ4v) is 2.93. The Labute approximate surface area is 88.9 Å². The molecule has 2 rings (SSSR count). The van der Waals surface area contributed by atoms with Crippen molar-refractivity contribution >= 4 is 16.5 Å². The molecule has 1 aliphatic carbocycles. The highest BCUT2D eigenvalue weighted by Crippen LogP contribution is 2.30. The Kier molecular flexibility index (Phi) is 3.03. The average molecular weight is 211 g/mol. The first kappa shape index (κ1) is 9.93. The molecule has 4 heteroatoms. The number of hydrogen-bond acceptors (Lipinski definition) is 4. The fourth-order valence-electron chi connectivity index (χ4n) is 1.79. The monoisotopic (exact) mass is 211 g/mol. The van der Waals surface area contributed by atoms with Crippen molar-refractivity contribution in [2.24, 2.45) is 5.73 Å². The number of likely N-dealkylation sites (N-methyl/N-ethyl adjacent to an activating group) is 1. The van der Waals surface area contributed by atoms with Gasteiger partial charge in [-0.15, -0.1) is 11.3 Å². The minimum Gasteiger partial charge on any atom is -0.350 e. The van der Waals surface area contributed by atoms with Crippen molar-refractivity contribution < 1.29 is 0 Å². The lowest BCUT2D eigenvalue weighted by Crippen LogP contribution is -2.24. The lowest BCUT2D eigenvalue weighted by molar-refractivity contribution is 0.681. The third-order valence-corrected chi connectivity index (χ3v) is 3.90. The molecule has 78 valence electrons. The predicted molar refractivity (Wildman–Crippen MR) is 61.1 cm³/mol. The van der Waals surface area contributed by atoms with Gasteiger partial charge < -0.3 is 10.6 Å². The van der Waals surface area contributed by atoms with E-state index in [0.29, 0.717) is 6.54 Å². The summed E-state index contributed by atoms with van der Waals surface area (Å²) >= 11 is 1.84. The molecule has 1 aromatic heterocycles. The summed E-state index contributed by atoms with van der Waals surface area (Å²) in [7, 11) is 2.07. The van der Waals surface area contributed by atoms with E-state index in [4.69, 9.17) is 5.73 Å². The van der Waals surface area contributed by atoms with Crippen molar-refractivity contribution in [3.63, 3.8) is 0 Å². The van der Waals surface area contributed by atoms with Crippen LogP contribution in [0, 0.1) is 0 Å². The zero-order valence-electron chi connectivity index (χ0n) is 8.62. The Bertz CT molecular complexity index is 285. The van der Waals surface area contributed by atoms with E-state index in [1.165, 1.54) is 36.3 Å². The zero-order chi connectivity index (χ0) is 9.97. The number of hydrogen-bond donors (Lipinski definition) is 1. The SMILES string of the molecule is CN(CCN)c1nc2c(s1)CCCC2. The fraction of sp³-hybridized carbons (Fsp3) is 0.700. The van der Waals surface area contributed by atoms with Crippen LogP contribution in [0.5, 0.6) is 0 Å². The van der Waals surface area contributed by atoms with Crippen LogP contribution in [0.15, 0.2) is 0 Å². The Morgan fingerprint density at radius 3 is 2.93 bits per heavy atom. The molecule has 1 aliphatic rings. The van der Waals surface area contributed by atoms with Crippen molar-refractivity contribution in [2.75, 3.05) is 25.0 Å². The number of rotatable bonds is 3. The van der Waals surface area contributed by atoms with Gasteiger partial charge in [0.05, 0.1) is 5.69 Å². The number of aromatic nitrogens is 1. The smallest absolute Gasteiger partial charge is 0.185 e. The second-order valence-electron chi connectivity index (χ2n) is 3.78. The summed E-state index contributed by atoms with van der Waals surface area (Å²) in [6.45, 7) is 1.59. The molecule has 0 amide bonds. The molecule has 1 aromatic rings. The number of anilines is 1. The van der Waals surface area contributed by atoms with Crippen LogP contribution in [-0.2, 0) is 12.8 Å². The van der Waals surface area contributed by atoms with Crippen molar-refractivity contribution in [1.29, 1.82) is 0 Å². The third-order valence-electron chi connectivity index (χ3n) is 2.63. The third kappa shape index (κ3) is 1.91. The maximum absolute atomic E-state index is 5.52. The Hall–Kier alpha value is -0.610. The highest BCUT2D eigenvalue weighted by Gasteiger charge is 2.16. The molecule has 0 bridgehead atoms. The van der Waals surface area contributed by atoms with Crippen LogP contribution in [0.25, 0.3) is 0 Å². The largest absolute Gasteiger partial charge is 0.350 e. The molecule has 0 saturated heterocycles. The number of thiazole rings is 1. The van der Waals surface area contributed by atoms with E-state index < -0.39 is 0 Å². The van der Waals surface area contributed by atoms with E-state index in [9.17, 15) is 0 Å². The van der Waals surface area contributed by atoms with Crippen molar-refractivity contribution in [1.82, 2.24) is 4.98 Å². The number of nitrogens with two attached hydrogens (primary N) is 1. The number of aryl methyl sites for hydroxylation is 2. The maximum Gasteiger partial charge on any atom is 0.185 e. The van der Waals surface area contributed by atoms with E-state index in [1.54, 1.807) is 0 Å². The Morgan fingerprint density at radius 2 is 2.21 bits per heavy atom. The lowest BCUT2D eigenvalue weighted by Gasteiger charge is -2.13. The minimum absolute atomic E-state index is 0.695. The van der Waals surface area contributed by atoms with Crippen LogP contribution >= 0.6 is 11.3 Å². The molecule has 0 saturated carbocycles. The van der Waals surface area contributed by atoms with Crippen LogP contribution < -0.4 is 10.6 Å². The van der Waals surface area contributed by atoms with Gasteiger partial charge in [-0.2, -0.15) is 0 Å². The van der Waals surface area contributed by atoms with Gasteiger partial charge in [-0.3, -0.25) is 0 Å². The summed E-state index contributed by atoms with van der Waals surface area (Å²) in [6.07, 6.45) is 5.03. The molecule has 0 radical (unpaired) electrons. The molecule has 3 nitrogen and oxygen atoms in total. The highest BCUT2D eigenvalue weighted by molar-refractivity contribution is 7.15. The molecule has 0 aromatic carbocycles. The molecule has 0 unspecified atom stereocenters. The van der Waals surface area contributed by atoms with Crippen LogP contribution in [0.1, 0.15) is 23.4 Å². The summed E-state index contributed by atoms with van der Waals surface area (Å²) < 4.78 is 0. The topological polar surface area (TPSA) is 42.1 Å². The summed E-state index contributed by atoms with van der Waals surface area (Å²) in [6, 6.07) is 0. The first-order valence-corrected chi connectivity index (χ1v) is 6.02. The van der Waals surface area contributed by atoms with Crippen molar-refractivity contribution in [3.05, 3.63) is 10.6 Å². The zero-order valence-corrected chi connectivity index (χ0v) is 9.44. The molecule has 0 atom stereocenters. The van der Waals surface area contributed by atoms with Gasteiger partial charge in [0.15, 0.2) is 5.13 Å². The van der Waals surface area contributed by atoms with Gasteiger partial charge in [0, 0.05) is 25.0 Å². The normalized spacial score (nSPS) is 15.3.